The molecule has 1 aliphatic heterocycles. The Bertz CT molecular complexity index is 632. The first kappa shape index (κ1) is 11.5. The van der Waals surface area contributed by atoms with E-state index in [1.807, 2.05) is 24.0 Å². The van der Waals surface area contributed by atoms with E-state index in [0.717, 1.165) is 40.0 Å². The van der Waals surface area contributed by atoms with Gasteiger partial charge in [0.15, 0.2) is 0 Å². The topological polar surface area (TPSA) is 38.1 Å². The molecule has 1 saturated carbocycles. The van der Waals surface area contributed by atoms with Gasteiger partial charge in [0.25, 0.3) is 5.91 Å². The number of thiophene rings is 1. The average Bonchev–Trinajstić information content (AvgIpc) is 3.09. The molecule has 0 unspecified atom stereocenters. The van der Waals surface area contributed by atoms with E-state index in [2.05, 4.69) is 10.00 Å². The van der Waals surface area contributed by atoms with Crippen molar-refractivity contribution in [1.29, 1.82) is 0 Å². The Morgan fingerprint density at radius 2 is 2.11 bits per heavy atom. The van der Waals surface area contributed by atoms with Crippen molar-refractivity contribution in [3.8, 4) is 0 Å². The maximum atomic E-state index is 12.6. The summed E-state index contributed by atoms with van der Waals surface area (Å²) in [6, 6.07) is 1.99. The van der Waals surface area contributed by atoms with Crippen LogP contribution >= 0.6 is 11.3 Å². The molecule has 100 valence electrons. The highest BCUT2D eigenvalue weighted by Crippen LogP contribution is 2.38. The summed E-state index contributed by atoms with van der Waals surface area (Å²) in [4.78, 5) is 16.6. The molecule has 4 nitrogen and oxygen atoms in total. The van der Waals surface area contributed by atoms with E-state index in [-0.39, 0.29) is 5.91 Å². The minimum absolute atomic E-state index is 0.218. The highest BCUT2D eigenvalue weighted by Gasteiger charge is 2.38. The van der Waals surface area contributed by atoms with Crippen LogP contribution in [0.4, 0.5) is 0 Å². The molecule has 3 heterocycles. The minimum atomic E-state index is 0.218. The van der Waals surface area contributed by atoms with Crippen LogP contribution < -0.4 is 0 Å². The number of hydrogen-bond acceptors (Lipinski definition) is 3. The molecule has 0 N–H and O–H groups in total. The van der Waals surface area contributed by atoms with Crippen LogP contribution in [0.5, 0.6) is 0 Å². The van der Waals surface area contributed by atoms with Gasteiger partial charge in [0.05, 0.1) is 11.1 Å². The second-order valence-corrected chi connectivity index (χ2v) is 6.83. The fourth-order valence-corrected chi connectivity index (χ4v) is 4.62. The number of aromatic nitrogens is 2. The van der Waals surface area contributed by atoms with Crippen LogP contribution in [-0.2, 0) is 7.05 Å². The van der Waals surface area contributed by atoms with E-state index >= 15 is 0 Å². The molecule has 4 rings (SSSR count). The first-order chi connectivity index (χ1) is 9.22. The fraction of sp³-hybridized carbons (Fsp3) is 0.571. The van der Waals surface area contributed by atoms with Gasteiger partial charge in [0.1, 0.15) is 4.83 Å². The molecule has 1 saturated heterocycles. The molecule has 2 aromatic heterocycles. The quantitative estimate of drug-likeness (QED) is 0.802. The van der Waals surface area contributed by atoms with Crippen molar-refractivity contribution >= 4 is 27.5 Å². The lowest BCUT2D eigenvalue weighted by molar-refractivity contribution is 0.0785. The number of carbonyl (C=O) groups excluding carboxylic acids is 1. The zero-order valence-corrected chi connectivity index (χ0v) is 11.8. The third kappa shape index (κ3) is 1.71. The van der Waals surface area contributed by atoms with Gasteiger partial charge in [0.2, 0.25) is 0 Å². The number of hydrogen-bond donors (Lipinski definition) is 0. The third-order valence-electron chi connectivity index (χ3n) is 4.63. The summed E-state index contributed by atoms with van der Waals surface area (Å²) in [5, 5.41) is 5.28. The van der Waals surface area contributed by atoms with Crippen LogP contribution in [0.1, 0.15) is 28.9 Å². The summed E-state index contributed by atoms with van der Waals surface area (Å²) in [6.45, 7) is 1.94. The summed E-state index contributed by atoms with van der Waals surface area (Å²) in [7, 11) is 1.92. The van der Waals surface area contributed by atoms with Gasteiger partial charge in [-0.05, 0) is 30.7 Å². The molecule has 0 bridgehead atoms. The summed E-state index contributed by atoms with van der Waals surface area (Å²) in [6.07, 6.45) is 5.81. The lowest BCUT2D eigenvalue weighted by Crippen LogP contribution is -2.28. The summed E-state index contributed by atoms with van der Waals surface area (Å²) >= 11 is 1.56. The summed E-state index contributed by atoms with van der Waals surface area (Å²) in [5.41, 5.74) is 0. The number of fused-ring (bicyclic) bond motifs is 2. The van der Waals surface area contributed by atoms with Gasteiger partial charge in [-0.2, -0.15) is 5.10 Å². The molecular weight excluding hydrogens is 258 g/mol. The van der Waals surface area contributed by atoms with Crippen molar-refractivity contribution < 1.29 is 4.79 Å². The standard InChI is InChI=1S/C14H17N3OS/c1-16-14-11(6-15-16)5-12(19-14)13(18)17-7-9-3-2-4-10(9)8-17/h5-6,9-10H,2-4,7-8H2,1H3/t9-,10+. The van der Waals surface area contributed by atoms with Crippen LogP contribution in [0, 0.1) is 11.8 Å². The van der Waals surface area contributed by atoms with E-state index in [1.165, 1.54) is 19.3 Å². The Kier molecular flexibility index (Phi) is 2.45. The van der Waals surface area contributed by atoms with Gasteiger partial charge in [-0.15, -0.1) is 11.3 Å². The Morgan fingerprint density at radius 1 is 1.37 bits per heavy atom. The van der Waals surface area contributed by atoms with Crippen molar-refractivity contribution in [2.75, 3.05) is 13.1 Å². The van der Waals surface area contributed by atoms with Crippen molar-refractivity contribution in [3.63, 3.8) is 0 Å². The zero-order chi connectivity index (χ0) is 13.0. The van der Waals surface area contributed by atoms with E-state index in [4.69, 9.17) is 0 Å². The van der Waals surface area contributed by atoms with Crippen LogP contribution in [0.15, 0.2) is 12.3 Å². The van der Waals surface area contributed by atoms with Crippen molar-refractivity contribution in [2.45, 2.75) is 19.3 Å². The van der Waals surface area contributed by atoms with Crippen LogP contribution in [0.2, 0.25) is 0 Å². The van der Waals surface area contributed by atoms with E-state index in [9.17, 15) is 4.79 Å². The average molecular weight is 275 g/mol. The molecule has 0 spiro atoms. The molecule has 5 heteroatoms. The Labute approximate surface area is 116 Å². The highest BCUT2D eigenvalue weighted by atomic mass is 32.1. The highest BCUT2D eigenvalue weighted by molar-refractivity contribution is 7.20. The molecule has 2 aromatic rings. The maximum absolute atomic E-state index is 12.6. The number of carbonyl (C=O) groups is 1. The normalized spacial score (nSPS) is 26.3. The SMILES string of the molecule is Cn1ncc2cc(C(=O)N3C[C@H]4CCC[C@H]4C3)sc21. The van der Waals surface area contributed by atoms with Crippen LogP contribution in [0.25, 0.3) is 10.2 Å². The predicted octanol–water partition coefficient (Wildman–Crippen LogP) is 2.51. The summed E-state index contributed by atoms with van der Waals surface area (Å²) < 4.78 is 1.84. The van der Waals surface area contributed by atoms with Gasteiger partial charge < -0.3 is 4.90 Å². The van der Waals surface area contributed by atoms with Crippen molar-refractivity contribution in [1.82, 2.24) is 14.7 Å². The summed E-state index contributed by atoms with van der Waals surface area (Å²) in [5.74, 6) is 1.75. The monoisotopic (exact) mass is 275 g/mol. The molecule has 1 amide bonds. The molecule has 19 heavy (non-hydrogen) atoms. The number of amides is 1. The van der Waals surface area contributed by atoms with Gasteiger partial charge >= 0.3 is 0 Å². The van der Waals surface area contributed by atoms with Gasteiger partial charge in [-0.25, -0.2) is 0 Å². The van der Waals surface area contributed by atoms with Crippen molar-refractivity contribution in [2.24, 2.45) is 18.9 Å². The molecular formula is C14H17N3OS. The first-order valence-electron chi connectivity index (χ1n) is 6.93. The maximum Gasteiger partial charge on any atom is 0.264 e. The molecule has 0 aromatic carbocycles. The number of nitrogens with zero attached hydrogens (tertiary/aromatic N) is 3. The lowest BCUT2D eigenvalue weighted by Gasteiger charge is -2.15. The number of rotatable bonds is 1. The zero-order valence-electron chi connectivity index (χ0n) is 11.0. The molecule has 1 aliphatic carbocycles. The van der Waals surface area contributed by atoms with Crippen LogP contribution in [0.3, 0.4) is 0 Å². The van der Waals surface area contributed by atoms with E-state index in [0.29, 0.717) is 0 Å². The molecule has 2 aliphatic rings. The largest absolute Gasteiger partial charge is 0.337 e. The van der Waals surface area contributed by atoms with E-state index < -0.39 is 0 Å². The van der Waals surface area contributed by atoms with Crippen molar-refractivity contribution in [3.05, 3.63) is 17.1 Å². The number of aryl methyl sites for hydroxylation is 1. The molecule has 0 radical (unpaired) electrons. The van der Waals surface area contributed by atoms with E-state index in [1.54, 1.807) is 11.3 Å². The fourth-order valence-electron chi connectivity index (χ4n) is 3.60. The Hall–Kier alpha value is -1.36. The van der Waals surface area contributed by atoms with Crippen LogP contribution in [-0.4, -0.2) is 33.7 Å². The minimum Gasteiger partial charge on any atom is -0.337 e. The second kappa shape index (κ2) is 4.07. The Morgan fingerprint density at radius 3 is 2.79 bits per heavy atom. The second-order valence-electron chi connectivity index (χ2n) is 5.80. The van der Waals surface area contributed by atoms with Gasteiger partial charge in [-0.1, -0.05) is 6.42 Å². The number of likely N-dealkylation sites (tertiary alicyclic amines) is 1. The van der Waals surface area contributed by atoms with Gasteiger partial charge in [0, 0.05) is 25.5 Å². The lowest BCUT2D eigenvalue weighted by atomic mass is 10.0. The molecule has 2 fully saturated rings. The van der Waals surface area contributed by atoms with Gasteiger partial charge in [-0.3, -0.25) is 9.48 Å². The first-order valence-corrected chi connectivity index (χ1v) is 7.75. The third-order valence-corrected chi connectivity index (χ3v) is 5.83. The predicted molar refractivity (Wildman–Crippen MR) is 75.3 cm³/mol. The smallest absolute Gasteiger partial charge is 0.264 e. The molecule has 2 atom stereocenters. The Balaban J connectivity index is 1.60.